The van der Waals surface area contributed by atoms with Gasteiger partial charge in [-0.2, -0.15) is 0 Å². The van der Waals surface area contributed by atoms with Crippen LogP contribution in [0.5, 0.6) is 0 Å². The maximum Gasteiger partial charge on any atom is 0.227 e. The molecule has 0 heterocycles. The molecule has 0 aromatic heterocycles. The Balaban J connectivity index is -0.000000478. The molecule has 1 amide bonds. The second-order valence-electron chi connectivity index (χ2n) is 11.0. The number of Topliss-reactive ketones (excluding diaryl/α,β-unsaturated/α-hetero) is 6. The average Bonchev–Trinajstić information content (AvgIpc) is 2.77. The number of amides is 1. The van der Waals surface area contributed by atoms with Crippen molar-refractivity contribution in [3.05, 3.63) is 0 Å². The Bertz CT molecular complexity index is 701. The van der Waals surface area contributed by atoms with Crippen LogP contribution in [0.2, 0.25) is 0 Å². The first-order valence-corrected chi connectivity index (χ1v) is 13.2. The van der Waals surface area contributed by atoms with E-state index in [1.807, 2.05) is 55.4 Å². The van der Waals surface area contributed by atoms with Crippen molar-refractivity contribution in [1.82, 2.24) is 5.32 Å². The maximum atomic E-state index is 11.2. The van der Waals surface area contributed by atoms with Crippen LogP contribution in [0.25, 0.3) is 0 Å². The Morgan fingerprint density at radius 2 is 0.595 bits per heavy atom. The van der Waals surface area contributed by atoms with Gasteiger partial charge in [0.1, 0.15) is 28.9 Å². The monoisotopic (exact) mass is 525 g/mol. The summed E-state index contributed by atoms with van der Waals surface area (Å²) in [7, 11) is 0. The van der Waals surface area contributed by atoms with E-state index in [2.05, 4.69) is 5.32 Å². The molecule has 0 aliphatic heterocycles. The minimum absolute atomic E-state index is 0.0157. The van der Waals surface area contributed by atoms with Gasteiger partial charge in [0.25, 0.3) is 0 Å². The van der Waals surface area contributed by atoms with Gasteiger partial charge in [0.15, 0.2) is 5.78 Å². The highest BCUT2D eigenvalue weighted by molar-refractivity contribution is 6.01. The van der Waals surface area contributed by atoms with Crippen LogP contribution >= 0.6 is 0 Å². The Kier molecular flexibility index (Phi) is 21.7. The fourth-order valence-electron chi connectivity index (χ4n) is 1.97. The largest absolute Gasteiger partial charge is 0.349 e. The zero-order valence-corrected chi connectivity index (χ0v) is 25.2. The van der Waals surface area contributed by atoms with Gasteiger partial charge in [-0.15, -0.1) is 0 Å². The molecule has 214 valence electrons. The third-order valence-corrected chi connectivity index (χ3v) is 5.36. The minimum Gasteiger partial charge on any atom is -0.349 e. The number of hydrogen-bond donors (Lipinski definition) is 1. The molecule has 0 atom stereocenters. The van der Waals surface area contributed by atoms with Gasteiger partial charge >= 0.3 is 0 Å². The van der Waals surface area contributed by atoms with Crippen LogP contribution in [0, 0.1) is 35.5 Å². The molecule has 0 aliphatic rings. The second kappa shape index (κ2) is 20.5. The molecule has 0 aromatic carbocycles. The summed E-state index contributed by atoms with van der Waals surface area (Å²) in [5.41, 5.74) is 0. The number of carbonyl (C=O) groups is 7. The molecule has 8 nitrogen and oxygen atoms in total. The van der Waals surface area contributed by atoms with Crippen molar-refractivity contribution in [3.8, 4) is 0 Å². The lowest BCUT2D eigenvalue weighted by Gasteiger charge is -2.07. The van der Waals surface area contributed by atoms with Gasteiger partial charge in [0.2, 0.25) is 5.91 Å². The zero-order valence-electron chi connectivity index (χ0n) is 25.2. The predicted octanol–water partition coefficient (Wildman–Crippen LogP) is 4.60. The Morgan fingerprint density at radius 3 is 0.811 bits per heavy atom. The van der Waals surface area contributed by atoms with Gasteiger partial charge in [-0.1, -0.05) is 83.1 Å². The van der Waals surface area contributed by atoms with Gasteiger partial charge in [-0.3, -0.25) is 33.6 Å². The molecule has 0 aliphatic carbocycles. The lowest BCUT2D eigenvalue weighted by molar-refractivity contribution is -0.132. The fourth-order valence-corrected chi connectivity index (χ4v) is 1.97. The van der Waals surface area contributed by atoms with Crippen molar-refractivity contribution in [3.63, 3.8) is 0 Å². The highest BCUT2D eigenvalue weighted by Crippen LogP contribution is 2.05. The molecule has 0 unspecified atom stereocenters. The summed E-state index contributed by atoms with van der Waals surface area (Å²) in [6.07, 6.45) is 0.0771. The van der Waals surface area contributed by atoms with Crippen molar-refractivity contribution >= 4 is 40.6 Å². The molecular formula is C29H51NO7. The quantitative estimate of drug-likeness (QED) is 0.328. The lowest BCUT2D eigenvalue weighted by atomic mass is 9.98. The van der Waals surface area contributed by atoms with Crippen molar-refractivity contribution in [2.24, 2.45) is 35.5 Å². The van der Waals surface area contributed by atoms with Crippen LogP contribution < -0.4 is 5.32 Å². The van der Waals surface area contributed by atoms with Crippen LogP contribution in [0.1, 0.15) is 102 Å². The molecule has 8 heteroatoms. The van der Waals surface area contributed by atoms with E-state index in [1.54, 1.807) is 27.7 Å². The molecule has 37 heavy (non-hydrogen) atoms. The van der Waals surface area contributed by atoms with Gasteiger partial charge in [-0.25, -0.2) is 0 Å². The summed E-state index contributed by atoms with van der Waals surface area (Å²) in [6, 6.07) is 0. The van der Waals surface area contributed by atoms with Gasteiger partial charge in [0, 0.05) is 35.5 Å². The molecule has 0 fully saturated rings. The van der Waals surface area contributed by atoms with E-state index in [0.29, 0.717) is 0 Å². The minimum atomic E-state index is -0.372. The Hall–Kier alpha value is -2.51. The molecule has 0 saturated heterocycles. The summed E-state index contributed by atoms with van der Waals surface area (Å²) < 4.78 is 0. The number of carbonyl (C=O) groups excluding carboxylic acids is 7. The standard InChI is InChI=1S/C11H19NO3.2C9H16O2/c1-7(2)9(13)5-11(15)12-6-10(14)8(3)4;2*1-6(2)8(10)5-9(11)7(3)4/h7-8H,5-6H2,1-4H3,(H,12,15);2*6-7H,5H2,1-4H3. The van der Waals surface area contributed by atoms with Crippen molar-refractivity contribution in [2.45, 2.75) is 102 Å². The Labute approximate surface area is 224 Å². The van der Waals surface area contributed by atoms with Crippen molar-refractivity contribution in [1.29, 1.82) is 0 Å². The summed E-state index contributed by atoms with van der Waals surface area (Å²) in [6.45, 7) is 21.6. The molecule has 0 aromatic rings. The van der Waals surface area contributed by atoms with Crippen LogP contribution in [0.15, 0.2) is 0 Å². The summed E-state index contributed by atoms with van der Waals surface area (Å²) in [5.74, 6) is -0.624. The van der Waals surface area contributed by atoms with Crippen LogP contribution in [-0.2, 0) is 33.6 Å². The first-order valence-electron chi connectivity index (χ1n) is 13.2. The molecule has 0 saturated carbocycles. The average molecular weight is 526 g/mol. The number of nitrogens with one attached hydrogen (secondary N) is 1. The third-order valence-electron chi connectivity index (χ3n) is 5.36. The summed E-state index contributed by atoms with van der Waals surface area (Å²) in [4.78, 5) is 77.7. The van der Waals surface area contributed by atoms with Gasteiger partial charge < -0.3 is 5.32 Å². The number of hydrogen-bond acceptors (Lipinski definition) is 7. The van der Waals surface area contributed by atoms with Crippen molar-refractivity contribution in [2.75, 3.05) is 6.54 Å². The van der Waals surface area contributed by atoms with E-state index in [9.17, 15) is 33.6 Å². The molecular weight excluding hydrogens is 474 g/mol. The summed E-state index contributed by atoms with van der Waals surface area (Å²) >= 11 is 0. The van der Waals surface area contributed by atoms with E-state index in [0.717, 1.165) is 0 Å². The first kappa shape index (κ1) is 39.0. The zero-order chi connectivity index (χ0) is 30.0. The fraction of sp³-hybridized carbons (Fsp3) is 0.759. The van der Waals surface area contributed by atoms with E-state index in [1.165, 1.54) is 0 Å². The molecule has 0 spiro atoms. The van der Waals surface area contributed by atoms with Gasteiger partial charge in [0.05, 0.1) is 25.8 Å². The van der Waals surface area contributed by atoms with Crippen molar-refractivity contribution < 1.29 is 33.6 Å². The molecule has 0 radical (unpaired) electrons. The summed E-state index contributed by atoms with van der Waals surface area (Å²) in [5, 5.41) is 2.44. The topological polar surface area (TPSA) is 132 Å². The SMILES string of the molecule is CC(C)C(=O)CC(=O)C(C)C.CC(C)C(=O)CC(=O)C(C)C.CC(C)C(=O)CNC(=O)CC(=O)C(C)C. The molecule has 0 bridgehead atoms. The highest BCUT2D eigenvalue weighted by Gasteiger charge is 2.16. The molecule has 1 N–H and O–H groups in total. The second-order valence-corrected chi connectivity index (χ2v) is 11.0. The number of rotatable bonds is 14. The van der Waals surface area contributed by atoms with E-state index in [4.69, 9.17) is 0 Å². The third kappa shape index (κ3) is 22.4. The lowest BCUT2D eigenvalue weighted by Crippen LogP contribution is -2.33. The van der Waals surface area contributed by atoms with E-state index >= 15 is 0 Å². The predicted molar refractivity (Wildman–Crippen MR) is 146 cm³/mol. The Morgan fingerprint density at radius 1 is 0.378 bits per heavy atom. The normalized spacial score (nSPS) is 10.6. The van der Waals surface area contributed by atoms with Crippen LogP contribution in [-0.4, -0.2) is 47.2 Å². The molecule has 0 rings (SSSR count). The maximum absolute atomic E-state index is 11.2. The van der Waals surface area contributed by atoms with E-state index < -0.39 is 0 Å². The highest BCUT2D eigenvalue weighted by atomic mass is 16.2. The van der Waals surface area contributed by atoms with Gasteiger partial charge in [-0.05, 0) is 0 Å². The number of ketones is 6. The van der Waals surface area contributed by atoms with Crippen LogP contribution in [0.3, 0.4) is 0 Å². The van der Waals surface area contributed by atoms with Crippen LogP contribution in [0.4, 0.5) is 0 Å². The first-order chi connectivity index (χ1) is 16.7. The van der Waals surface area contributed by atoms with E-state index in [-0.39, 0.29) is 102 Å². The smallest absolute Gasteiger partial charge is 0.227 e.